The van der Waals surface area contributed by atoms with Crippen LogP contribution in [0.4, 0.5) is 11.4 Å². The third kappa shape index (κ3) is 2.21. The average molecular weight is 320 g/mol. The molecule has 122 valence electrons. The van der Waals surface area contributed by atoms with Crippen molar-refractivity contribution >= 4 is 11.4 Å². The molecule has 24 heavy (non-hydrogen) atoms. The number of nitro groups is 1. The SMILES string of the molecule is Cc1ccc([C@H]2Nc3c(C)ccc([N+](=O)[O-])c3[C@@H]3C=CC[C@H]23)cc1. The van der Waals surface area contributed by atoms with Crippen LogP contribution in [0.3, 0.4) is 0 Å². The summed E-state index contributed by atoms with van der Waals surface area (Å²) in [7, 11) is 0. The lowest BCUT2D eigenvalue weighted by molar-refractivity contribution is -0.385. The van der Waals surface area contributed by atoms with Crippen LogP contribution in [-0.4, -0.2) is 4.92 Å². The van der Waals surface area contributed by atoms with E-state index in [0.717, 1.165) is 23.2 Å². The van der Waals surface area contributed by atoms with Gasteiger partial charge in [0.2, 0.25) is 0 Å². The Morgan fingerprint density at radius 2 is 1.88 bits per heavy atom. The number of hydrogen-bond donors (Lipinski definition) is 1. The molecule has 4 nitrogen and oxygen atoms in total. The number of benzene rings is 2. The fourth-order valence-corrected chi connectivity index (χ4v) is 4.10. The van der Waals surface area contributed by atoms with Gasteiger partial charge in [-0.3, -0.25) is 10.1 Å². The largest absolute Gasteiger partial charge is 0.377 e. The van der Waals surface area contributed by atoms with Crippen LogP contribution in [0.1, 0.15) is 40.6 Å². The van der Waals surface area contributed by atoms with Crippen LogP contribution >= 0.6 is 0 Å². The maximum atomic E-state index is 11.5. The zero-order valence-electron chi connectivity index (χ0n) is 13.8. The summed E-state index contributed by atoms with van der Waals surface area (Å²) in [5, 5.41) is 15.1. The fraction of sp³-hybridized carbons (Fsp3) is 0.300. The van der Waals surface area contributed by atoms with Crippen molar-refractivity contribution in [2.24, 2.45) is 5.92 Å². The van der Waals surface area contributed by atoms with Crippen LogP contribution < -0.4 is 5.32 Å². The molecular weight excluding hydrogens is 300 g/mol. The lowest BCUT2D eigenvalue weighted by Crippen LogP contribution is -2.30. The highest BCUT2D eigenvalue weighted by Crippen LogP contribution is 2.53. The summed E-state index contributed by atoms with van der Waals surface area (Å²) >= 11 is 0. The van der Waals surface area contributed by atoms with Crippen molar-refractivity contribution in [2.75, 3.05) is 5.32 Å². The van der Waals surface area contributed by atoms with Gasteiger partial charge >= 0.3 is 0 Å². The van der Waals surface area contributed by atoms with E-state index in [0.29, 0.717) is 5.92 Å². The van der Waals surface area contributed by atoms with Crippen molar-refractivity contribution in [3.8, 4) is 0 Å². The fourth-order valence-electron chi connectivity index (χ4n) is 4.10. The molecule has 2 aromatic carbocycles. The minimum atomic E-state index is -0.255. The zero-order valence-corrected chi connectivity index (χ0v) is 13.8. The number of allylic oxidation sites excluding steroid dienone is 2. The molecule has 0 radical (unpaired) electrons. The third-order valence-corrected chi connectivity index (χ3v) is 5.34. The second-order valence-electron chi connectivity index (χ2n) is 6.83. The summed E-state index contributed by atoms with van der Waals surface area (Å²) in [4.78, 5) is 11.3. The normalized spacial score (nSPS) is 24.2. The van der Waals surface area contributed by atoms with E-state index in [2.05, 4.69) is 48.7 Å². The van der Waals surface area contributed by atoms with Gasteiger partial charge in [-0.15, -0.1) is 0 Å². The van der Waals surface area contributed by atoms with Crippen molar-refractivity contribution in [1.29, 1.82) is 0 Å². The van der Waals surface area contributed by atoms with Crippen molar-refractivity contribution in [1.82, 2.24) is 0 Å². The van der Waals surface area contributed by atoms with Gasteiger partial charge in [0.25, 0.3) is 5.69 Å². The Bertz CT molecular complexity index is 839. The van der Waals surface area contributed by atoms with E-state index in [-0.39, 0.29) is 22.6 Å². The summed E-state index contributed by atoms with van der Waals surface area (Å²) in [5.74, 6) is 0.425. The number of nitrogens with one attached hydrogen (secondary N) is 1. The topological polar surface area (TPSA) is 55.2 Å². The van der Waals surface area contributed by atoms with Gasteiger partial charge in [-0.2, -0.15) is 0 Å². The molecule has 0 saturated heterocycles. The number of rotatable bonds is 2. The highest BCUT2D eigenvalue weighted by Gasteiger charge is 2.41. The summed E-state index contributed by atoms with van der Waals surface area (Å²) < 4.78 is 0. The molecule has 0 aromatic heterocycles. The summed E-state index contributed by atoms with van der Waals surface area (Å²) in [6.45, 7) is 4.10. The smallest absolute Gasteiger partial charge is 0.275 e. The Labute approximate surface area is 141 Å². The van der Waals surface area contributed by atoms with Crippen LogP contribution in [0, 0.1) is 29.9 Å². The molecule has 0 saturated carbocycles. The zero-order chi connectivity index (χ0) is 16.8. The molecule has 0 amide bonds. The number of fused-ring (bicyclic) bond motifs is 3. The van der Waals surface area contributed by atoms with E-state index in [1.807, 2.05) is 13.0 Å². The molecular formula is C20H20N2O2. The highest BCUT2D eigenvalue weighted by atomic mass is 16.6. The standard InChI is InChI=1S/C20H20N2O2/c1-12-6-9-14(10-7-12)20-16-5-3-4-15(16)18-17(22(23)24)11-8-13(2)19(18)21-20/h3-4,6-11,15-16,20-21H,5H2,1-2H3/t15-,16+,20-/m1/s1. The second-order valence-corrected chi connectivity index (χ2v) is 6.83. The van der Waals surface area contributed by atoms with E-state index < -0.39 is 0 Å². The maximum Gasteiger partial charge on any atom is 0.275 e. The van der Waals surface area contributed by atoms with Crippen LogP contribution in [0.5, 0.6) is 0 Å². The second kappa shape index (κ2) is 5.48. The molecule has 4 rings (SSSR count). The minimum absolute atomic E-state index is 0.104. The van der Waals surface area contributed by atoms with Crippen LogP contribution in [0.15, 0.2) is 48.6 Å². The monoisotopic (exact) mass is 320 g/mol. The summed E-state index contributed by atoms with van der Waals surface area (Å²) in [6, 6.07) is 12.3. The summed E-state index contributed by atoms with van der Waals surface area (Å²) in [5.41, 5.74) is 5.56. The first-order chi connectivity index (χ1) is 11.6. The average Bonchev–Trinajstić information content (AvgIpc) is 3.05. The van der Waals surface area contributed by atoms with Gasteiger partial charge in [0.1, 0.15) is 0 Å². The lowest BCUT2D eigenvalue weighted by atomic mass is 9.75. The molecule has 1 aliphatic carbocycles. The first kappa shape index (κ1) is 14.9. The van der Waals surface area contributed by atoms with Gasteiger partial charge in [0, 0.05) is 17.7 Å². The Balaban J connectivity index is 1.86. The van der Waals surface area contributed by atoms with E-state index >= 15 is 0 Å². The molecule has 2 aromatic rings. The highest BCUT2D eigenvalue weighted by molar-refractivity contribution is 5.70. The molecule has 0 spiro atoms. The molecule has 0 bridgehead atoms. The number of nitrogens with zero attached hydrogens (tertiary/aromatic N) is 1. The van der Waals surface area contributed by atoms with E-state index in [4.69, 9.17) is 0 Å². The van der Waals surface area contributed by atoms with Gasteiger partial charge in [-0.1, -0.05) is 48.0 Å². The lowest BCUT2D eigenvalue weighted by Gasteiger charge is -2.38. The van der Waals surface area contributed by atoms with Gasteiger partial charge in [0.15, 0.2) is 0 Å². The molecule has 2 aliphatic rings. The van der Waals surface area contributed by atoms with E-state index in [1.165, 1.54) is 11.1 Å². The number of anilines is 1. The maximum absolute atomic E-state index is 11.5. The van der Waals surface area contributed by atoms with E-state index in [1.54, 1.807) is 6.07 Å². The Morgan fingerprint density at radius 3 is 2.58 bits per heavy atom. The Hall–Kier alpha value is -2.62. The van der Waals surface area contributed by atoms with Gasteiger partial charge in [0.05, 0.1) is 16.5 Å². The molecule has 3 atom stereocenters. The number of nitro benzene ring substituents is 1. The molecule has 1 heterocycles. The van der Waals surface area contributed by atoms with Crippen LogP contribution in [0.2, 0.25) is 0 Å². The minimum Gasteiger partial charge on any atom is -0.377 e. The first-order valence-corrected chi connectivity index (χ1v) is 8.34. The Morgan fingerprint density at radius 1 is 1.12 bits per heavy atom. The van der Waals surface area contributed by atoms with Crippen LogP contribution in [0.25, 0.3) is 0 Å². The number of hydrogen-bond acceptors (Lipinski definition) is 3. The van der Waals surface area contributed by atoms with Crippen molar-refractivity contribution in [3.63, 3.8) is 0 Å². The quantitative estimate of drug-likeness (QED) is 0.479. The van der Waals surface area contributed by atoms with E-state index in [9.17, 15) is 10.1 Å². The van der Waals surface area contributed by atoms with Crippen molar-refractivity contribution < 1.29 is 4.92 Å². The summed E-state index contributed by atoms with van der Waals surface area (Å²) in [6.07, 6.45) is 5.26. The molecule has 4 heteroatoms. The predicted molar refractivity (Wildman–Crippen MR) is 95.4 cm³/mol. The first-order valence-electron chi connectivity index (χ1n) is 8.34. The molecule has 0 fully saturated rings. The molecule has 0 unspecified atom stereocenters. The van der Waals surface area contributed by atoms with Crippen molar-refractivity contribution in [2.45, 2.75) is 32.2 Å². The third-order valence-electron chi connectivity index (χ3n) is 5.34. The van der Waals surface area contributed by atoms with Gasteiger partial charge < -0.3 is 5.32 Å². The van der Waals surface area contributed by atoms with Crippen LogP contribution in [-0.2, 0) is 0 Å². The number of aryl methyl sites for hydroxylation is 2. The molecule has 1 N–H and O–H groups in total. The predicted octanol–water partition coefficient (Wildman–Crippen LogP) is 5.04. The Kier molecular flexibility index (Phi) is 3.41. The van der Waals surface area contributed by atoms with Gasteiger partial charge in [-0.25, -0.2) is 0 Å². The van der Waals surface area contributed by atoms with Gasteiger partial charge in [-0.05, 0) is 37.3 Å². The molecule has 1 aliphatic heterocycles. The van der Waals surface area contributed by atoms with Crippen molar-refractivity contribution in [3.05, 3.63) is 80.9 Å².